The monoisotopic (exact) mass is 217 g/mol. The third-order valence-corrected chi connectivity index (χ3v) is 2.55. The number of anilines is 1. The summed E-state index contributed by atoms with van der Waals surface area (Å²) in [6.07, 6.45) is 3.68. The van der Waals surface area contributed by atoms with E-state index in [1.807, 2.05) is 48.5 Å². The van der Waals surface area contributed by atoms with E-state index >= 15 is 0 Å². The molecular weight excluding hydrogens is 202 g/mol. The largest absolute Gasteiger partial charge is 0.361 e. The summed E-state index contributed by atoms with van der Waals surface area (Å²) in [6, 6.07) is 9.59. The van der Waals surface area contributed by atoms with Gasteiger partial charge >= 0.3 is 6.03 Å². The maximum Gasteiger partial charge on any atom is 0.329 e. The Labute approximate surface area is 95.4 Å². The van der Waals surface area contributed by atoms with Gasteiger partial charge in [-0.3, -0.25) is 9.80 Å². The van der Waals surface area contributed by atoms with E-state index in [-0.39, 0.29) is 6.03 Å². The van der Waals surface area contributed by atoms with Crippen LogP contribution in [-0.4, -0.2) is 36.6 Å². The van der Waals surface area contributed by atoms with Crippen molar-refractivity contribution in [2.45, 2.75) is 0 Å². The van der Waals surface area contributed by atoms with Crippen molar-refractivity contribution >= 4 is 11.7 Å². The molecule has 0 aliphatic carbocycles. The molecule has 0 unspecified atom stereocenters. The van der Waals surface area contributed by atoms with E-state index < -0.39 is 0 Å². The van der Waals surface area contributed by atoms with Crippen molar-refractivity contribution in [2.75, 3.05) is 25.7 Å². The van der Waals surface area contributed by atoms with Crippen LogP contribution in [0.2, 0.25) is 0 Å². The van der Waals surface area contributed by atoms with E-state index in [9.17, 15) is 4.79 Å². The second-order valence-corrected chi connectivity index (χ2v) is 3.84. The molecule has 0 atom stereocenters. The number of nitrogens with zero attached hydrogens (tertiary/aromatic N) is 3. The zero-order valence-corrected chi connectivity index (χ0v) is 9.50. The van der Waals surface area contributed by atoms with Gasteiger partial charge in [-0.1, -0.05) is 18.2 Å². The molecule has 0 bridgehead atoms. The van der Waals surface area contributed by atoms with E-state index in [4.69, 9.17) is 0 Å². The second-order valence-electron chi connectivity index (χ2n) is 3.84. The minimum absolute atomic E-state index is 0.0215. The summed E-state index contributed by atoms with van der Waals surface area (Å²) in [7, 11) is 3.72. The molecule has 0 spiro atoms. The Morgan fingerprint density at radius 2 is 1.94 bits per heavy atom. The first-order valence-corrected chi connectivity index (χ1v) is 5.16. The van der Waals surface area contributed by atoms with Crippen molar-refractivity contribution in [1.82, 2.24) is 9.80 Å². The van der Waals surface area contributed by atoms with Gasteiger partial charge in [0, 0.05) is 32.2 Å². The molecule has 0 saturated heterocycles. The molecule has 16 heavy (non-hydrogen) atoms. The highest BCUT2D eigenvalue weighted by Gasteiger charge is 2.20. The van der Waals surface area contributed by atoms with Gasteiger partial charge in [0.05, 0.1) is 6.67 Å². The molecule has 1 aliphatic heterocycles. The smallest absolute Gasteiger partial charge is 0.329 e. The fraction of sp³-hybridized carbons (Fsp3) is 0.250. The molecule has 2 amide bonds. The van der Waals surface area contributed by atoms with Crippen molar-refractivity contribution < 1.29 is 4.79 Å². The number of hydrogen-bond acceptors (Lipinski definition) is 2. The van der Waals surface area contributed by atoms with Crippen LogP contribution in [0.25, 0.3) is 0 Å². The Morgan fingerprint density at radius 3 is 2.50 bits per heavy atom. The van der Waals surface area contributed by atoms with Crippen LogP contribution in [0.3, 0.4) is 0 Å². The van der Waals surface area contributed by atoms with Gasteiger partial charge in [0.15, 0.2) is 0 Å². The fourth-order valence-corrected chi connectivity index (χ4v) is 1.61. The Hall–Kier alpha value is -1.97. The zero-order chi connectivity index (χ0) is 11.5. The van der Waals surface area contributed by atoms with E-state index in [2.05, 4.69) is 0 Å². The summed E-state index contributed by atoms with van der Waals surface area (Å²) < 4.78 is 0. The standard InChI is InChI=1S/C12H15N3O/c1-13-8-9-15(10-13)12(16)14(2)11-6-4-3-5-7-11/h3-9H,10H2,1-2H3. The molecule has 1 aromatic carbocycles. The number of carbonyl (C=O) groups excluding carboxylic acids is 1. The molecule has 84 valence electrons. The molecule has 4 heteroatoms. The average molecular weight is 217 g/mol. The third-order valence-electron chi connectivity index (χ3n) is 2.55. The summed E-state index contributed by atoms with van der Waals surface area (Å²) in [5.41, 5.74) is 0.899. The second kappa shape index (κ2) is 4.26. The zero-order valence-electron chi connectivity index (χ0n) is 9.50. The van der Waals surface area contributed by atoms with Gasteiger partial charge in [0.25, 0.3) is 0 Å². The quantitative estimate of drug-likeness (QED) is 0.718. The molecule has 0 aromatic heterocycles. The summed E-state index contributed by atoms with van der Waals surface area (Å²) in [5, 5.41) is 0. The predicted octanol–water partition coefficient (Wildman–Crippen LogP) is 1.92. The first kappa shape index (κ1) is 10.5. The minimum Gasteiger partial charge on any atom is -0.361 e. The van der Waals surface area contributed by atoms with Crippen LogP contribution in [0.4, 0.5) is 10.5 Å². The maximum absolute atomic E-state index is 12.1. The molecule has 4 nitrogen and oxygen atoms in total. The first-order chi connectivity index (χ1) is 7.68. The van der Waals surface area contributed by atoms with Crippen LogP contribution in [0.1, 0.15) is 0 Å². The van der Waals surface area contributed by atoms with E-state index in [0.29, 0.717) is 6.67 Å². The SMILES string of the molecule is CN1C=CN(C(=O)N(C)c2ccccc2)C1. The minimum atomic E-state index is -0.0215. The van der Waals surface area contributed by atoms with Crippen molar-refractivity contribution in [1.29, 1.82) is 0 Å². The van der Waals surface area contributed by atoms with Crippen LogP contribution in [0, 0.1) is 0 Å². The van der Waals surface area contributed by atoms with Gasteiger partial charge in [-0.25, -0.2) is 4.79 Å². The van der Waals surface area contributed by atoms with Gasteiger partial charge in [-0.05, 0) is 12.1 Å². The predicted molar refractivity (Wildman–Crippen MR) is 63.9 cm³/mol. The van der Waals surface area contributed by atoms with Crippen molar-refractivity contribution in [3.05, 3.63) is 42.7 Å². The normalized spacial score (nSPS) is 14.4. The van der Waals surface area contributed by atoms with E-state index in [0.717, 1.165) is 5.69 Å². The molecule has 0 radical (unpaired) electrons. The average Bonchev–Trinajstić information content (AvgIpc) is 2.75. The van der Waals surface area contributed by atoms with Crippen LogP contribution < -0.4 is 4.90 Å². The van der Waals surface area contributed by atoms with Crippen LogP contribution in [0.5, 0.6) is 0 Å². The highest BCUT2D eigenvalue weighted by molar-refractivity contribution is 5.92. The summed E-state index contributed by atoms with van der Waals surface area (Å²) in [4.78, 5) is 17.3. The number of para-hydroxylation sites is 1. The number of carbonyl (C=O) groups is 1. The topological polar surface area (TPSA) is 26.8 Å². The van der Waals surface area contributed by atoms with Gasteiger partial charge in [0.1, 0.15) is 0 Å². The summed E-state index contributed by atoms with van der Waals surface area (Å²) in [5.74, 6) is 0. The molecule has 0 N–H and O–H groups in total. The Kier molecular flexibility index (Phi) is 2.81. The Balaban J connectivity index is 2.08. The molecule has 0 fully saturated rings. The number of benzene rings is 1. The number of hydrogen-bond donors (Lipinski definition) is 0. The molecule has 0 saturated carbocycles. The molecule has 1 aliphatic rings. The lowest BCUT2D eigenvalue weighted by atomic mass is 10.3. The summed E-state index contributed by atoms with van der Waals surface area (Å²) >= 11 is 0. The maximum atomic E-state index is 12.1. The number of rotatable bonds is 1. The molecular formula is C12H15N3O. The highest BCUT2D eigenvalue weighted by Crippen LogP contribution is 2.15. The van der Waals surface area contributed by atoms with Gasteiger partial charge in [-0.15, -0.1) is 0 Å². The van der Waals surface area contributed by atoms with Crippen molar-refractivity contribution in [3.63, 3.8) is 0 Å². The van der Waals surface area contributed by atoms with E-state index in [1.165, 1.54) is 0 Å². The van der Waals surface area contributed by atoms with E-state index in [1.54, 1.807) is 23.0 Å². The lowest BCUT2D eigenvalue weighted by Gasteiger charge is -2.24. The number of amides is 2. The Morgan fingerprint density at radius 1 is 1.25 bits per heavy atom. The third kappa shape index (κ3) is 2.00. The van der Waals surface area contributed by atoms with Gasteiger partial charge < -0.3 is 4.90 Å². The fourth-order valence-electron chi connectivity index (χ4n) is 1.61. The number of urea groups is 1. The Bertz CT molecular complexity index is 402. The first-order valence-electron chi connectivity index (χ1n) is 5.16. The van der Waals surface area contributed by atoms with Gasteiger partial charge in [0.2, 0.25) is 0 Å². The highest BCUT2D eigenvalue weighted by atomic mass is 16.2. The molecule has 1 heterocycles. The van der Waals surface area contributed by atoms with Crippen molar-refractivity contribution in [2.24, 2.45) is 0 Å². The van der Waals surface area contributed by atoms with Gasteiger partial charge in [-0.2, -0.15) is 0 Å². The van der Waals surface area contributed by atoms with Crippen LogP contribution in [-0.2, 0) is 0 Å². The lowest BCUT2D eigenvalue weighted by Crippen LogP contribution is -2.39. The summed E-state index contributed by atoms with van der Waals surface area (Å²) in [6.45, 7) is 0.607. The van der Waals surface area contributed by atoms with Crippen LogP contribution in [0.15, 0.2) is 42.7 Å². The van der Waals surface area contributed by atoms with Crippen LogP contribution >= 0.6 is 0 Å². The molecule has 2 rings (SSSR count). The lowest BCUT2D eigenvalue weighted by molar-refractivity contribution is 0.215. The van der Waals surface area contributed by atoms with Crippen molar-refractivity contribution in [3.8, 4) is 0 Å². The molecule has 1 aromatic rings.